The Morgan fingerprint density at radius 1 is 1.34 bits per heavy atom. The zero-order valence-electron chi connectivity index (χ0n) is 17.7. The van der Waals surface area contributed by atoms with Crippen LogP contribution >= 0.6 is 11.8 Å². The van der Waals surface area contributed by atoms with E-state index in [0.29, 0.717) is 28.4 Å². The number of amides is 1. The van der Waals surface area contributed by atoms with E-state index in [1.54, 1.807) is 16.7 Å². The largest absolute Gasteiger partial charge is 0.348 e. The van der Waals surface area contributed by atoms with Crippen LogP contribution in [0.2, 0.25) is 0 Å². The molecular formula is C22H23N7O2S. The van der Waals surface area contributed by atoms with E-state index in [4.69, 9.17) is 0 Å². The molecule has 0 aliphatic heterocycles. The normalized spacial score (nSPS) is 15.7. The van der Waals surface area contributed by atoms with E-state index < -0.39 is 0 Å². The van der Waals surface area contributed by atoms with Gasteiger partial charge in [0.05, 0.1) is 28.9 Å². The third-order valence-electron chi connectivity index (χ3n) is 5.83. The van der Waals surface area contributed by atoms with E-state index in [-0.39, 0.29) is 23.3 Å². The highest BCUT2D eigenvalue weighted by molar-refractivity contribution is 7.99. The quantitative estimate of drug-likeness (QED) is 0.358. The lowest BCUT2D eigenvalue weighted by Gasteiger charge is -2.23. The third-order valence-corrected chi connectivity index (χ3v) is 6.76. The van der Waals surface area contributed by atoms with E-state index in [2.05, 4.69) is 27.2 Å². The Hall–Kier alpha value is -3.40. The number of aromatic nitrogens is 6. The average molecular weight is 450 g/mol. The Morgan fingerprint density at radius 3 is 3.03 bits per heavy atom. The predicted octanol–water partition coefficient (Wildman–Crippen LogP) is 2.25. The number of para-hydroxylation sites is 1. The van der Waals surface area contributed by atoms with Crippen LogP contribution in [0.4, 0.5) is 0 Å². The Labute approximate surface area is 188 Å². The van der Waals surface area contributed by atoms with Crippen LogP contribution in [-0.2, 0) is 24.8 Å². The van der Waals surface area contributed by atoms with Gasteiger partial charge in [-0.15, -0.1) is 16.8 Å². The fourth-order valence-corrected chi connectivity index (χ4v) is 5.09. The zero-order valence-corrected chi connectivity index (χ0v) is 18.5. The highest BCUT2D eigenvalue weighted by Gasteiger charge is 2.25. The van der Waals surface area contributed by atoms with E-state index >= 15 is 0 Å². The van der Waals surface area contributed by atoms with E-state index in [0.717, 1.165) is 24.8 Å². The Bertz CT molecular complexity index is 1400. The number of carbonyl (C=O) groups excluding carboxylic acids is 1. The smallest absolute Gasteiger partial charge is 0.263 e. The summed E-state index contributed by atoms with van der Waals surface area (Å²) in [7, 11) is 1.94. The predicted molar refractivity (Wildman–Crippen MR) is 123 cm³/mol. The maximum Gasteiger partial charge on any atom is 0.263 e. The summed E-state index contributed by atoms with van der Waals surface area (Å²) in [4.78, 5) is 25.6. The molecule has 0 radical (unpaired) electrons. The first kappa shape index (κ1) is 20.5. The molecule has 3 heterocycles. The molecule has 164 valence electrons. The molecule has 10 heteroatoms. The number of nitrogens with zero attached hydrogens (tertiary/aromatic N) is 6. The SMILES string of the molecule is C=CCn1c(=O)c2ccccc2n2c(SCC(=O)NC3CCCc4c3cnn4C)nnc12. The zero-order chi connectivity index (χ0) is 22.2. The summed E-state index contributed by atoms with van der Waals surface area (Å²) in [6, 6.07) is 7.33. The van der Waals surface area contributed by atoms with Crippen molar-refractivity contribution in [3.63, 3.8) is 0 Å². The van der Waals surface area contributed by atoms with Crippen molar-refractivity contribution in [1.82, 2.24) is 34.3 Å². The van der Waals surface area contributed by atoms with Gasteiger partial charge in [-0.2, -0.15) is 5.10 Å². The summed E-state index contributed by atoms with van der Waals surface area (Å²) in [5.41, 5.74) is 2.86. The van der Waals surface area contributed by atoms with Gasteiger partial charge in [0.1, 0.15) is 0 Å². The molecular weight excluding hydrogens is 426 g/mol. The molecule has 1 atom stereocenters. The lowest BCUT2D eigenvalue weighted by Crippen LogP contribution is -2.32. The lowest BCUT2D eigenvalue weighted by atomic mass is 9.93. The summed E-state index contributed by atoms with van der Waals surface area (Å²) in [6.45, 7) is 4.07. The van der Waals surface area contributed by atoms with Crippen molar-refractivity contribution < 1.29 is 4.79 Å². The van der Waals surface area contributed by atoms with E-state index in [1.807, 2.05) is 40.5 Å². The van der Waals surface area contributed by atoms with E-state index in [9.17, 15) is 9.59 Å². The maximum absolute atomic E-state index is 12.9. The number of rotatable bonds is 6. The van der Waals surface area contributed by atoms with Crippen LogP contribution in [0, 0.1) is 0 Å². The van der Waals surface area contributed by atoms with Crippen LogP contribution in [0.5, 0.6) is 0 Å². The molecule has 0 fully saturated rings. The minimum atomic E-state index is -0.140. The number of thioether (sulfide) groups is 1. The molecule has 0 saturated heterocycles. The number of benzene rings is 1. The molecule has 0 saturated carbocycles. The molecule has 1 unspecified atom stereocenters. The molecule has 32 heavy (non-hydrogen) atoms. The fourth-order valence-electron chi connectivity index (χ4n) is 4.34. The van der Waals surface area contributed by atoms with Gasteiger partial charge in [0.25, 0.3) is 5.56 Å². The first-order valence-corrected chi connectivity index (χ1v) is 11.5. The molecule has 4 aromatic rings. The number of nitrogens with one attached hydrogen (secondary N) is 1. The topological polar surface area (TPSA) is 99.1 Å². The van der Waals surface area contributed by atoms with Gasteiger partial charge in [-0.25, -0.2) is 0 Å². The van der Waals surface area contributed by atoms with Gasteiger partial charge in [-0.05, 0) is 31.4 Å². The summed E-state index contributed by atoms with van der Waals surface area (Å²) in [6.07, 6.45) is 6.41. The van der Waals surface area contributed by atoms with Gasteiger partial charge >= 0.3 is 0 Å². The molecule has 0 spiro atoms. The highest BCUT2D eigenvalue weighted by Crippen LogP contribution is 2.29. The van der Waals surface area contributed by atoms with Gasteiger partial charge in [0.15, 0.2) is 5.16 Å². The van der Waals surface area contributed by atoms with Gasteiger partial charge < -0.3 is 5.32 Å². The first-order chi connectivity index (χ1) is 15.6. The summed E-state index contributed by atoms with van der Waals surface area (Å²) >= 11 is 1.30. The maximum atomic E-state index is 12.9. The van der Waals surface area contributed by atoms with Crippen molar-refractivity contribution in [2.24, 2.45) is 7.05 Å². The monoisotopic (exact) mass is 449 g/mol. The molecule has 1 amide bonds. The van der Waals surface area contributed by atoms with Crippen LogP contribution in [0.15, 0.2) is 53.1 Å². The van der Waals surface area contributed by atoms with Crippen LogP contribution < -0.4 is 10.9 Å². The molecule has 3 aromatic heterocycles. The molecule has 1 aliphatic rings. The third kappa shape index (κ3) is 3.40. The second kappa shape index (κ2) is 8.27. The minimum Gasteiger partial charge on any atom is -0.348 e. The van der Waals surface area contributed by atoms with Crippen molar-refractivity contribution in [3.05, 3.63) is 64.7 Å². The van der Waals surface area contributed by atoms with Gasteiger partial charge in [-0.1, -0.05) is 30.0 Å². The van der Waals surface area contributed by atoms with E-state index in [1.165, 1.54) is 17.5 Å². The summed E-state index contributed by atoms with van der Waals surface area (Å²) in [5, 5.41) is 17.1. The van der Waals surface area contributed by atoms with Gasteiger partial charge in [-0.3, -0.25) is 23.2 Å². The van der Waals surface area contributed by atoms with Crippen molar-refractivity contribution in [2.75, 3.05) is 5.75 Å². The second-order valence-electron chi connectivity index (χ2n) is 7.81. The van der Waals surface area contributed by atoms with Crippen molar-refractivity contribution in [2.45, 2.75) is 37.0 Å². The van der Waals surface area contributed by atoms with Crippen LogP contribution in [0.25, 0.3) is 16.7 Å². The fraction of sp³-hybridized carbons (Fsp3) is 0.318. The number of hydrogen-bond donors (Lipinski definition) is 1. The molecule has 5 rings (SSSR count). The molecule has 1 N–H and O–H groups in total. The molecule has 1 aliphatic carbocycles. The van der Waals surface area contributed by atoms with Crippen LogP contribution in [-0.4, -0.2) is 40.6 Å². The van der Waals surface area contributed by atoms with Crippen molar-refractivity contribution in [3.8, 4) is 0 Å². The summed E-state index contributed by atoms with van der Waals surface area (Å²) in [5.74, 6) is 0.558. The molecule has 1 aromatic carbocycles. The number of hydrogen-bond acceptors (Lipinski definition) is 6. The standard InChI is InChI=1S/C22H23N7O2S/c1-3-11-28-20(31)14-7-4-5-9-18(14)29-21(28)25-26-22(29)32-13-19(30)24-16-8-6-10-17-15(16)12-23-27(17)2/h3-5,7,9,12,16H,1,6,8,10-11,13H2,2H3,(H,24,30). The van der Waals surface area contributed by atoms with Gasteiger partial charge in [0.2, 0.25) is 11.7 Å². The number of carbonyl (C=O) groups is 1. The Morgan fingerprint density at radius 2 is 2.19 bits per heavy atom. The highest BCUT2D eigenvalue weighted by atomic mass is 32.2. The van der Waals surface area contributed by atoms with Crippen molar-refractivity contribution in [1.29, 1.82) is 0 Å². The number of allylic oxidation sites excluding steroid dienone is 1. The van der Waals surface area contributed by atoms with Crippen LogP contribution in [0.1, 0.15) is 30.1 Å². The lowest BCUT2D eigenvalue weighted by molar-refractivity contribution is -0.119. The number of aryl methyl sites for hydroxylation is 1. The molecule has 0 bridgehead atoms. The first-order valence-electron chi connectivity index (χ1n) is 10.5. The Kier molecular flexibility index (Phi) is 5.30. The summed E-state index contributed by atoms with van der Waals surface area (Å²) < 4.78 is 5.26. The molecule has 9 nitrogen and oxygen atoms in total. The second-order valence-corrected chi connectivity index (χ2v) is 8.75. The van der Waals surface area contributed by atoms with Crippen molar-refractivity contribution >= 4 is 34.3 Å². The average Bonchev–Trinajstić information content (AvgIpc) is 3.40. The Balaban J connectivity index is 1.41. The van der Waals surface area contributed by atoms with Crippen LogP contribution in [0.3, 0.4) is 0 Å². The van der Waals surface area contributed by atoms with Gasteiger partial charge in [0, 0.05) is 24.8 Å². The number of fused-ring (bicyclic) bond motifs is 4. The minimum absolute atomic E-state index is 0.0192.